The van der Waals surface area contributed by atoms with E-state index in [1.54, 1.807) is 19.1 Å². The second kappa shape index (κ2) is 7.13. The number of rotatable bonds is 5. The van der Waals surface area contributed by atoms with Crippen LogP contribution < -0.4 is 9.47 Å². The maximum absolute atomic E-state index is 13.8. The quantitative estimate of drug-likeness (QED) is 0.563. The summed E-state index contributed by atoms with van der Waals surface area (Å²) in [5.74, 6) is 1.05. The number of benzene rings is 2. The normalized spacial score (nSPS) is 13.4. The maximum Gasteiger partial charge on any atom is 0.513 e. The molecule has 1 aliphatic rings. The minimum atomic E-state index is -0.772. The van der Waals surface area contributed by atoms with Crippen molar-refractivity contribution in [1.82, 2.24) is 0 Å². The molecule has 1 fully saturated rings. The van der Waals surface area contributed by atoms with Crippen molar-refractivity contribution in [2.45, 2.75) is 39.2 Å². The Hall–Kier alpha value is -2.56. The summed E-state index contributed by atoms with van der Waals surface area (Å²) in [5, 5.41) is 0. The second-order valence-corrected chi connectivity index (χ2v) is 6.31. The molecule has 2 aromatic carbocycles. The molecular formula is C20H21FO4. The van der Waals surface area contributed by atoms with E-state index in [1.807, 2.05) is 19.1 Å². The Kier molecular flexibility index (Phi) is 4.93. The molecule has 1 saturated carbocycles. The Morgan fingerprint density at radius 3 is 2.60 bits per heavy atom. The van der Waals surface area contributed by atoms with Gasteiger partial charge in [0.25, 0.3) is 0 Å². The molecule has 0 spiro atoms. The van der Waals surface area contributed by atoms with Crippen LogP contribution in [0.25, 0.3) is 0 Å². The van der Waals surface area contributed by atoms with E-state index in [0.29, 0.717) is 23.0 Å². The highest BCUT2D eigenvalue weighted by Crippen LogP contribution is 2.44. The lowest BCUT2D eigenvalue weighted by molar-refractivity contribution is 0.120. The average molecular weight is 344 g/mol. The zero-order valence-corrected chi connectivity index (χ0v) is 14.6. The zero-order chi connectivity index (χ0) is 18.0. The van der Waals surface area contributed by atoms with Crippen molar-refractivity contribution in [3.8, 4) is 11.5 Å². The molecule has 0 N–H and O–H groups in total. The summed E-state index contributed by atoms with van der Waals surface area (Å²) in [6.07, 6.45) is 1.44. The fraction of sp³-hybridized carbons (Fsp3) is 0.350. The average Bonchev–Trinajstić information content (AvgIpc) is 3.42. The third kappa shape index (κ3) is 3.92. The lowest BCUT2D eigenvalue weighted by Crippen LogP contribution is -2.11. The summed E-state index contributed by atoms with van der Waals surface area (Å²) in [6, 6.07) is 8.73. The Morgan fingerprint density at radius 1 is 1.16 bits per heavy atom. The maximum atomic E-state index is 13.8. The highest BCUT2D eigenvalue weighted by atomic mass is 19.1. The van der Waals surface area contributed by atoms with Crippen LogP contribution in [0, 0.1) is 19.7 Å². The predicted molar refractivity (Wildman–Crippen MR) is 91.7 cm³/mol. The Labute approximate surface area is 146 Å². The number of halogens is 1. The molecule has 132 valence electrons. The number of aryl methyl sites for hydroxylation is 2. The lowest BCUT2D eigenvalue weighted by Gasteiger charge is -2.16. The number of hydrogen-bond donors (Lipinski definition) is 0. The molecule has 0 radical (unpaired) electrons. The van der Waals surface area contributed by atoms with Gasteiger partial charge in [0.1, 0.15) is 23.9 Å². The molecule has 5 heteroatoms. The van der Waals surface area contributed by atoms with Crippen LogP contribution in [0.4, 0.5) is 9.18 Å². The molecule has 0 unspecified atom stereocenters. The molecule has 1 aliphatic carbocycles. The monoisotopic (exact) mass is 344 g/mol. The van der Waals surface area contributed by atoms with E-state index in [2.05, 4.69) is 4.74 Å². The van der Waals surface area contributed by atoms with Gasteiger partial charge in [-0.3, -0.25) is 0 Å². The molecule has 3 rings (SSSR count). The first-order chi connectivity index (χ1) is 12.0. The summed E-state index contributed by atoms with van der Waals surface area (Å²) < 4.78 is 29.5. The summed E-state index contributed by atoms with van der Waals surface area (Å²) in [5.41, 5.74) is 3.35. The van der Waals surface area contributed by atoms with Gasteiger partial charge in [-0.2, -0.15) is 0 Å². The van der Waals surface area contributed by atoms with Gasteiger partial charge in [0.2, 0.25) is 0 Å². The van der Waals surface area contributed by atoms with Crippen LogP contribution in [0.1, 0.15) is 41.0 Å². The van der Waals surface area contributed by atoms with Crippen LogP contribution in [0.15, 0.2) is 30.3 Å². The van der Waals surface area contributed by atoms with E-state index in [0.717, 1.165) is 29.5 Å². The van der Waals surface area contributed by atoms with Gasteiger partial charge in [0, 0.05) is 11.6 Å². The van der Waals surface area contributed by atoms with Gasteiger partial charge in [-0.25, -0.2) is 9.18 Å². The van der Waals surface area contributed by atoms with Crippen LogP contribution in [-0.4, -0.2) is 13.3 Å². The van der Waals surface area contributed by atoms with E-state index in [1.165, 1.54) is 13.2 Å². The fourth-order valence-electron chi connectivity index (χ4n) is 2.85. The molecule has 0 atom stereocenters. The molecule has 25 heavy (non-hydrogen) atoms. The van der Waals surface area contributed by atoms with Gasteiger partial charge >= 0.3 is 6.16 Å². The van der Waals surface area contributed by atoms with Crippen molar-refractivity contribution >= 4 is 6.16 Å². The number of carbonyl (C=O) groups excluding carboxylic acids is 1. The molecule has 4 nitrogen and oxygen atoms in total. The van der Waals surface area contributed by atoms with Crippen molar-refractivity contribution in [3.05, 3.63) is 58.4 Å². The minimum absolute atomic E-state index is 0.197. The molecule has 0 bridgehead atoms. The fourth-order valence-corrected chi connectivity index (χ4v) is 2.85. The Balaban J connectivity index is 1.88. The van der Waals surface area contributed by atoms with Gasteiger partial charge in [0.05, 0.1) is 7.11 Å². The highest BCUT2D eigenvalue weighted by Gasteiger charge is 2.28. The second-order valence-electron chi connectivity index (χ2n) is 6.31. The molecule has 0 amide bonds. The van der Waals surface area contributed by atoms with Gasteiger partial charge < -0.3 is 14.2 Å². The predicted octanol–water partition coefficient (Wildman–Crippen LogP) is 5.04. The summed E-state index contributed by atoms with van der Waals surface area (Å²) >= 11 is 0. The third-order valence-corrected chi connectivity index (χ3v) is 4.37. The van der Waals surface area contributed by atoms with E-state index < -0.39 is 6.16 Å². The molecule has 0 aromatic heterocycles. The van der Waals surface area contributed by atoms with Crippen molar-refractivity contribution in [2.24, 2.45) is 0 Å². The van der Waals surface area contributed by atoms with E-state index in [4.69, 9.17) is 9.47 Å². The van der Waals surface area contributed by atoms with Gasteiger partial charge in [-0.15, -0.1) is 0 Å². The molecule has 0 saturated heterocycles. The Bertz CT molecular complexity index is 797. The smallest absolute Gasteiger partial charge is 0.488 e. The number of methoxy groups -OCH3 is 1. The van der Waals surface area contributed by atoms with Crippen molar-refractivity contribution in [1.29, 1.82) is 0 Å². The SMILES string of the molecule is COC(=O)Oc1cccc(C2CC2)c1COc1cc(F)c(C)cc1C. The van der Waals surface area contributed by atoms with Gasteiger partial charge in [-0.1, -0.05) is 12.1 Å². The van der Waals surface area contributed by atoms with Crippen molar-refractivity contribution in [3.63, 3.8) is 0 Å². The van der Waals surface area contributed by atoms with E-state index >= 15 is 0 Å². The molecule has 0 aliphatic heterocycles. The first-order valence-corrected chi connectivity index (χ1v) is 8.26. The Morgan fingerprint density at radius 2 is 1.92 bits per heavy atom. The first-order valence-electron chi connectivity index (χ1n) is 8.26. The lowest BCUT2D eigenvalue weighted by atomic mass is 10.0. The topological polar surface area (TPSA) is 44.8 Å². The third-order valence-electron chi connectivity index (χ3n) is 4.37. The van der Waals surface area contributed by atoms with Crippen LogP contribution in [0.5, 0.6) is 11.5 Å². The van der Waals surface area contributed by atoms with Crippen LogP contribution in [0.2, 0.25) is 0 Å². The van der Waals surface area contributed by atoms with E-state index in [9.17, 15) is 9.18 Å². The standard InChI is InChI=1S/C20H21FO4/c1-12-9-13(2)19(10-17(12)21)24-11-16-15(14-7-8-14)5-4-6-18(16)25-20(22)23-3/h4-6,9-10,14H,7-8,11H2,1-3H3. The first kappa shape index (κ1) is 17.3. The summed E-state index contributed by atoms with van der Waals surface area (Å²) in [4.78, 5) is 11.5. The van der Waals surface area contributed by atoms with Crippen LogP contribution >= 0.6 is 0 Å². The van der Waals surface area contributed by atoms with Gasteiger partial charge in [-0.05, 0) is 61.4 Å². The molecular weight excluding hydrogens is 323 g/mol. The molecule has 0 heterocycles. The van der Waals surface area contributed by atoms with E-state index in [-0.39, 0.29) is 12.4 Å². The minimum Gasteiger partial charge on any atom is -0.488 e. The summed E-state index contributed by atoms with van der Waals surface area (Å²) in [6.45, 7) is 3.79. The van der Waals surface area contributed by atoms with Crippen LogP contribution in [0.3, 0.4) is 0 Å². The largest absolute Gasteiger partial charge is 0.513 e. The number of hydrogen-bond acceptors (Lipinski definition) is 4. The molecule has 2 aromatic rings. The summed E-state index contributed by atoms with van der Waals surface area (Å²) in [7, 11) is 1.27. The van der Waals surface area contributed by atoms with Crippen LogP contribution in [-0.2, 0) is 11.3 Å². The zero-order valence-electron chi connectivity index (χ0n) is 14.6. The van der Waals surface area contributed by atoms with Crippen molar-refractivity contribution < 1.29 is 23.4 Å². The number of carbonyl (C=O) groups is 1. The van der Waals surface area contributed by atoms with Gasteiger partial charge in [0.15, 0.2) is 0 Å². The number of ether oxygens (including phenoxy) is 3. The van der Waals surface area contributed by atoms with Crippen molar-refractivity contribution in [2.75, 3.05) is 7.11 Å². The highest BCUT2D eigenvalue weighted by molar-refractivity contribution is 5.65.